The zero-order valence-corrected chi connectivity index (χ0v) is 14.0. The molecule has 0 fully saturated rings. The number of benzene rings is 1. The van der Waals surface area contributed by atoms with Crippen molar-refractivity contribution in [1.82, 2.24) is 4.72 Å². The largest absolute Gasteiger partial charge is 0.393 e. The average Bonchev–Trinajstić information content (AvgIpc) is 2.30. The van der Waals surface area contributed by atoms with Gasteiger partial charge < -0.3 is 5.11 Å². The van der Waals surface area contributed by atoms with E-state index in [0.29, 0.717) is 11.4 Å². The van der Waals surface area contributed by atoms with Gasteiger partial charge in [-0.05, 0) is 30.0 Å². The minimum absolute atomic E-state index is 0.0584. The van der Waals surface area contributed by atoms with Gasteiger partial charge in [0.1, 0.15) is 4.90 Å². The van der Waals surface area contributed by atoms with Crippen molar-refractivity contribution in [2.75, 3.05) is 6.54 Å². The highest BCUT2D eigenvalue weighted by atomic mass is 35.5. The fraction of sp³-hybridized carbons (Fsp3) is 0.538. The summed E-state index contributed by atoms with van der Waals surface area (Å²) in [6.07, 6.45) is -0.277. The minimum Gasteiger partial charge on any atom is -0.393 e. The molecule has 0 saturated heterocycles. The van der Waals surface area contributed by atoms with Gasteiger partial charge in [-0.1, -0.05) is 44.0 Å². The van der Waals surface area contributed by atoms with Crippen molar-refractivity contribution in [1.29, 1.82) is 0 Å². The van der Waals surface area contributed by atoms with Crippen LogP contribution in [-0.2, 0) is 10.0 Å². The number of hydrogen-bond acceptors (Lipinski definition) is 3. The molecule has 2 N–H and O–H groups in total. The highest BCUT2D eigenvalue weighted by molar-refractivity contribution is 7.89. The Morgan fingerprint density at radius 3 is 2.45 bits per heavy atom. The van der Waals surface area contributed by atoms with Crippen LogP contribution in [0, 0.1) is 5.41 Å². The number of aliphatic hydroxyl groups is 1. The van der Waals surface area contributed by atoms with Crippen molar-refractivity contribution in [2.45, 2.75) is 38.2 Å². The zero-order valence-electron chi connectivity index (χ0n) is 11.7. The third-order valence-corrected chi connectivity index (χ3v) is 5.07. The van der Waals surface area contributed by atoms with Crippen LogP contribution in [0.4, 0.5) is 0 Å². The van der Waals surface area contributed by atoms with Crippen LogP contribution in [0.15, 0.2) is 23.1 Å². The highest BCUT2D eigenvalue weighted by Gasteiger charge is 2.23. The molecule has 1 aromatic carbocycles. The van der Waals surface area contributed by atoms with Crippen molar-refractivity contribution in [3.63, 3.8) is 0 Å². The predicted molar refractivity (Wildman–Crippen MR) is 81.7 cm³/mol. The van der Waals surface area contributed by atoms with E-state index >= 15 is 0 Å². The van der Waals surface area contributed by atoms with E-state index in [1.54, 1.807) is 0 Å². The second kappa shape index (κ2) is 6.62. The summed E-state index contributed by atoms with van der Waals surface area (Å²) in [4.78, 5) is -0.0584. The number of hydrogen-bond donors (Lipinski definition) is 2. The zero-order chi connectivity index (χ0) is 15.6. The van der Waals surface area contributed by atoms with E-state index < -0.39 is 16.1 Å². The molecule has 0 amide bonds. The summed E-state index contributed by atoms with van der Waals surface area (Å²) in [7, 11) is -3.73. The van der Waals surface area contributed by atoms with Gasteiger partial charge in [-0.25, -0.2) is 13.1 Å². The summed E-state index contributed by atoms with van der Waals surface area (Å²) in [5.41, 5.74) is -0.293. The second-order valence-electron chi connectivity index (χ2n) is 5.64. The molecule has 0 aliphatic carbocycles. The first-order chi connectivity index (χ1) is 9.04. The molecular formula is C13H19Cl2NO3S. The lowest BCUT2D eigenvalue weighted by Crippen LogP contribution is -2.32. The van der Waals surface area contributed by atoms with E-state index in [-0.39, 0.29) is 21.9 Å². The topological polar surface area (TPSA) is 66.4 Å². The van der Waals surface area contributed by atoms with E-state index in [1.807, 2.05) is 20.8 Å². The van der Waals surface area contributed by atoms with Crippen LogP contribution in [-0.4, -0.2) is 26.2 Å². The molecule has 0 bridgehead atoms. The molecule has 7 heteroatoms. The molecule has 0 saturated carbocycles. The molecule has 0 heterocycles. The van der Waals surface area contributed by atoms with Gasteiger partial charge in [0.25, 0.3) is 0 Å². The second-order valence-corrected chi connectivity index (χ2v) is 8.22. The first-order valence-electron chi connectivity index (χ1n) is 6.17. The smallest absolute Gasteiger partial charge is 0.242 e. The molecule has 0 radical (unpaired) electrons. The molecular weight excluding hydrogens is 321 g/mol. The van der Waals surface area contributed by atoms with Crippen LogP contribution in [0.2, 0.25) is 10.0 Å². The van der Waals surface area contributed by atoms with Crippen LogP contribution >= 0.6 is 23.2 Å². The van der Waals surface area contributed by atoms with Crippen LogP contribution in [0.1, 0.15) is 27.2 Å². The average molecular weight is 340 g/mol. The maximum atomic E-state index is 12.1. The predicted octanol–water partition coefficient (Wildman–Crippen LogP) is 3.07. The Hall–Kier alpha value is -0.330. The Morgan fingerprint density at radius 2 is 1.90 bits per heavy atom. The van der Waals surface area contributed by atoms with Crippen LogP contribution < -0.4 is 4.72 Å². The van der Waals surface area contributed by atoms with Gasteiger partial charge in [-0.15, -0.1) is 0 Å². The third-order valence-electron chi connectivity index (χ3n) is 2.89. The monoisotopic (exact) mass is 339 g/mol. The Bertz CT molecular complexity index is 567. The van der Waals surface area contributed by atoms with E-state index in [9.17, 15) is 13.5 Å². The van der Waals surface area contributed by atoms with Crippen molar-refractivity contribution in [2.24, 2.45) is 5.41 Å². The van der Waals surface area contributed by atoms with Crippen LogP contribution in [0.5, 0.6) is 0 Å². The Kier molecular flexibility index (Phi) is 5.87. The lowest BCUT2D eigenvalue weighted by Gasteiger charge is -2.25. The number of nitrogens with one attached hydrogen (secondary N) is 1. The summed E-state index contributed by atoms with van der Waals surface area (Å²) in [6.45, 7) is 5.80. The Labute approximate surface area is 130 Å². The lowest BCUT2D eigenvalue weighted by molar-refractivity contribution is 0.0571. The maximum absolute atomic E-state index is 12.1. The van der Waals surface area contributed by atoms with Crippen molar-refractivity contribution >= 4 is 33.2 Å². The molecule has 0 spiro atoms. The van der Waals surface area contributed by atoms with E-state index in [2.05, 4.69) is 4.72 Å². The third kappa shape index (κ3) is 4.90. The fourth-order valence-corrected chi connectivity index (χ4v) is 3.33. The standard InChI is InChI=1S/C13H19Cl2NO3S/c1-13(2,3)12(17)6-7-16-20(18,19)11-8-9(14)4-5-10(11)15/h4-5,8,12,16-17H,6-7H2,1-3H3. The van der Waals surface area contributed by atoms with Gasteiger partial charge in [0.05, 0.1) is 11.1 Å². The number of sulfonamides is 1. The maximum Gasteiger partial charge on any atom is 0.242 e. The molecule has 4 nitrogen and oxygen atoms in total. The van der Waals surface area contributed by atoms with Gasteiger partial charge >= 0.3 is 0 Å². The quantitative estimate of drug-likeness (QED) is 0.866. The molecule has 20 heavy (non-hydrogen) atoms. The molecule has 1 rings (SSSR count). The summed E-state index contributed by atoms with van der Waals surface area (Å²) in [6, 6.07) is 4.25. The lowest BCUT2D eigenvalue weighted by atomic mass is 9.87. The van der Waals surface area contributed by atoms with Crippen molar-refractivity contribution < 1.29 is 13.5 Å². The minimum atomic E-state index is -3.73. The molecule has 0 aromatic heterocycles. The normalized spacial score (nSPS) is 14.3. The summed E-state index contributed by atoms with van der Waals surface area (Å²) in [5.74, 6) is 0. The van der Waals surface area contributed by atoms with E-state index in [4.69, 9.17) is 23.2 Å². The van der Waals surface area contributed by atoms with E-state index in [1.165, 1.54) is 18.2 Å². The van der Waals surface area contributed by atoms with Gasteiger partial charge in [0.15, 0.2) is 0 Å². The summed E-state index contributed by atoms with van der Waals surface area (Å²) in [5, 5.41) is 10.3. The van der Waals surface area contributed by atoms with Gasteiger partial charge in [-0.3, -0.25) is 0 Å². The van der Waals surface area contributed by atoms with Gasteiger partial charge in [-0.2, -0.15) is 0 Å². The van der Waals surface area contributed by atoms with Crippen LogP contribution in [0.25, 0.3) is 0 Å². The number of aliphatic hydroxyl groups excluding tert-OH is 1. The van der Waals surface area contributed by atoms with Crippen molar-refractivity contribution in [3.8, 4) is 0 Å². The van der Waals surface area contributed by atoms with Crippen LogP contribution in [0.3, 0.4) is 0 Å². The van der Waals surface area contributed by atoms with Gasteiger partial charge in [0.2, 0.25) is 10.0 Å². The summed E-state index contributed by atoms with van der Waals surface area (Å²) < 4.78 is 26.6. The fourth-order valence-electron chi connectivity index (χ4n) is 1.52. The molecule has 1 aromatic rings. The molecule has 1 atom stereocenters. The molecule has 114 valence electrons. The Morgan fingerprint density at radius 1 is 1.30 bits per heavy atom. The summed E-state index contributed by atoms with van der Waals surface area (Å²) >= 11 is 11.6. The highest BCUT2D eigenvalue weighted by Crippen LogP contribution is 2.25. The molecule has 0 aliphatic rings. The number of halogens is 2. The Balaban J connectivity index is 2.74. The number of rotatable bonds is 5. The van der Waals surface area contributed by atoms with E-state index in [0.717, 1.165) is 0 Å². The van der Waals surface area contributed by atoms with Crippen molar-refractivity contribution in [3.05, 3.63) is 28.2 Å². The molecule has 0 aliphatic heterocycles. The molecule has 1 unspecified atom stereocenters. The first-order valence-corrected chi connectivity index (χ1v) is 8.41. The first kappa shape index (κ1) is 17.7. The van der Waals surface area contributed by atoms with Gasteiger partial charge in [0, 0.05) is 11.6 Å². The SMILES string of the molecule is CC(C)(C)C(O)CCNS(=O)(=O)c1cc(Cl)ccc1Cl.